The standard InChI is InChI=1S/C8H18.C2H6.B/c1-7(2)5-6-8(3)4;1-2;/h7-8H,5-6H2,1-4H3;1-2H3;. The molecule has 11 heavy (non-hydrogen) atoms. The zero-order chi connectivity index (χ0) is 8.57. The second-order valence-electron chi connectivity index (χ2n) is 3.37. The van der Waals surface area contributed by atoms with Crippen molar-refractivity contribution < 1.29 is 0 Å². The summed E-state index contributed by atoms with van der Waals surface area (Å²) in [6.07, 6.45) is 2.77. The summed E-state index contributed by atoms with van der Waals surface area (Å²) in [4.78, 5) is 0. The highest BCUT2D eigenvalue weighted by molar-refractivity contribution is 5.75. The minimum Gasteiger partial charge on any atom is -0.0683 e. The van der Waals surface area contributed by atoms with Crippen molar-refractivity contribution in [3.8, 4) is 0 Å². The summed E-state index contributed by atoms with van der Waals surface area (Å²) in [6.45, 7) is 13.1. The molecule has 0 bridgehead atoms. The van der Waals surface area contributed by atoms with E-state index in [4.69, 9.17) is 0 Å². The molecule has 0 unspecified atom stereocenters. The lowest BCUT2D eigenvalue weighted by Crippen LogP contribution is -1.91. The average Bonchev–Trinajstić information content (AvgIpc) is 1.89. The molecule has 67 valence electrons. The van der Waals surface area contributed by atoms with Crippen LogP contribution in [0.15, 0.2) is 0 Å². The molecule has 0 heterocycles. The van der Waals surface area contributed by atoms with Crippen LogP contribution in [0.25, 0.3) is 0 Å². The van der Waals surface area contributed by atoms with Crippen LogP contribution in [0.2, 0.25) is 0 Å². The molecular formula is C10H24B. The molecule has 0 atom stereocenters. The van der Waals surface area contributed by atoms with E-state index >= 15 is 0 Å². The fourth-order valence-electron chi connectivity index (χ4n) is 0.667. The molecule has 0 aliphatic heterocycles. The Morgan fingerprint density at radius 3 is 1.00 bits per heavy atom. The smallest absolute Gasteiger partial charge is 0 e. The lowest BCUT2D eigenvalue weighted by Gasteiger charge is -2.05. The van der Waals surface area contributed by atoms with Gasteiger partial charge in [0, 0.05) is 8.41 Å². The third-order valence-corrected chi connectivity index (χ3v) is 1.32. The van der Waals surface area contributed by atoms with Crippen LogP contribution in [0.4, 0.5) is 0 Å². The van der Waals surface area contributed by atoms with Gasteiger partial charge in [0.05, 0.1) is 0 Å². The molecule has 0 saturated heterocycles. The number of hydrogen-bond donors (Lipinski definition) is 0. The Morgan fingerprint density at radius 1 is 0.727 bits per heavy atom. The SMILES string of the molecule is CC.CC(C)CCC(C)C.[B]. The Bertz CT molecular complexity index is 40.8. The van der Waals surface area contributed by atoms with E-state index in [0.717, 1.165) is 11.8 Å². The zero-order valence-electron chi connectivity index (χ0n) is 9.15. The Morgan fingerprint density at radius 2 is 0.909 bits per heavy atom. The van der Waals surface area contributed by atoms with Gasteiger partial charge in [-0.1, -0.05) is 54.4 Å². The van der Waals surface area contributed by atoms with Gasteiger partial charge in [0.2, 0.25) is 0 Å². The summed E-state index contributed by atoms with van der Waals surface area (Å²) in [5.74, 6) is 1.77. The summed E-state index contributed by atoms with van der Waals surface area (Å²) in [7, 11) is 0. The second kappa shape index (κ2) is 12.7. The van der Waals surface area contributed by atoms with Gasteiger partial charge in [0.25, 0.3) is 0 Å². The van der Waals surface area contributed by atoms with E-state index in [1.165, 1.54) is 12.8 Å². The summed E-state index contributed by atoms with van der Waals surface area (Å²) in [5.41, 5.74) is 0. The van der Waals surface area contributed by atoms with Gasteiger partial charge in [-0.2, -0.15) is 0 Å². The Labute approximate surface area is 75.4 Å². The van der Waals surface area contributed by atoms with Gasteiger partial charge < -0.3 is 0 Å². The highest BCUT2D eigenvalue weighted by atomic mass is 14.0. The fraction of sp³-hybridized carbons (Fsp3) is 1.00. The molecule has 0 rings (SSSR count). The Kier molecular flexibility index (Phi) is 19.9. The Hall–Kier alpha value is 0.0649. The maximum Gasteiger partial charge on any atom is 0 e. The van der Waals surface area contributed by atoms with Crippen molar-refractivity contribution in [2.24, 2.45) is 11.8 Å². The molecule has 0 saturated carbocycles. The first kappa shape index (κ1) is 17.2. The maximum atomic E-state index is 2.28. The molecule has 0 spiro atoms. The molecule has 0 amide bonds. The first-order valence-electron chi connectivity index (χ1n) is 4.63. The van der Waals surface area contributed by atoms with Crippen molar-refractivity contribution in [1.82, 2.24) is 0 Å². The maximum absolute atomic E-state index is 2.28. The molecular weight excluding hydrogens is 131 g/mol. The van der Waals surface area contributed by atoms with Crippen molar-refractivity contribution in [2.75, 3.05) is 0 Å². The third-order valence-electron chi connectivity index (χ3n) is 1.32. The fourth-order valence-corrected chi connectivity index (χ4v) is 0.667. The lowest BCUT2D eigenvalue weighted by atomic mass is 10.0. The number of hydrogen-bond acceptors (Lipinski definition) is 0. The van der Waals surface area contributed by atoms with E-state index in [9.17, 15) is 0 Å². The van der Waals surface area contributed by atoms with Gasteiger partial charge in [-0.25, -0.2) is 0 Å². The minimum absolute atomic E-state index is 0. The molecule has 0 aromatic heterocycles. The van der Waals surface area contributed by atoms with Gasteiger partial charge in [0.1, 0.15) is 0 Å². The first-order chi connectivity index (χ1) is 4.63. The largest absolute Gasteiger partial charge is 0.0683 e. The molecule has 0 N–H and O–H groups in total. The predicted molar refractivity (Wildman–Crippen MR) is 56.0 cm³/mol. The molecule has 0 nitrogen and oxygen atoms in total. The summed E-state index contributed by atoms with van der Waals surface area (Å²) in [6, 6.07) is 0. The van der Waals surface area contributed by atoms with E-state index in [1.807, 2.05) is 13.8 Å². The third kappa shape index (κ3) is 25.5. The predicted octanol–water partition coefficient (Wildman–Crippen LogP) is 3.72. The molecule has 3 radical (unpaired) electrons. The van der Waals surface area contributed by atoms with Crippen molar-refractivity contribution in [2.45, 2.75) is 54.4 Å². The van der Waals surface area contributed by atoms with E-state index < -0.39 is 0 Å². The van der Waals surface area contributed by atoms with Crippen molar-refractivity contribution in [3.63, 3.8) is 0 Å². The lowest BCUT2D eigenvalue weighted by molar-refractivity contribution is 0.476. The van der Waals surface area contributed by atoms with Crippen molar-refractivity contribution in [3.05, 3.63) is 0 Å². The summed E-state index contributed by atoms with van der Waals surface area (Å²) in [5, 5.41) is 0. The van der Waals surface area contributed by atoms with Crippen LogP contribution in [0, 0.1) is 11.8 Å². The van der Waals surface area contributed by atoms with Gasteiger partial charge in [-0.05, 0) is 11.8 Å². The van der Waals surface area contributed by atoms with Gasteiger partial charge in [0.15, 0.2) is 0 Å². The first-order valence-corrected chi connectivity index (χ1v) is 4.63. The highest BCUT2D eigenvalue weighted by Crippen LogP contribution is 2.09. The molecule has 0 aromatic rings. The summed E-state index contributed by atoms with van der Waals surface area (Å²) >= 11 is 0. The highest BCUT2D eigenvalue weighted by Gasteiger charge is 1.95. The summed E-state index contributed by atoms with van der Waals surface area (Å²) < 4.78 is 0. The van der Waals surface area contributed by atoms with Crippen LogP contribution in [-0.4, -0.2) is 8.41 Å². The topological polar surface area (TPSA) is 0 Å². The van der Waals surface area contributed by atoms with Gasteiger partial charge in [-0.3, -0.25) is 0 Å². The van der Waals surface area contributed by atoms with Crippen molar-refractivity contribution >= 4 is 8.41 Å². The monoisotopic (exact) mass is 155 g/mol. The van der Waals surface area contributed by atoms with E-state index in [1.54, 1.807) is 0 Å². The van der Waals surface area contributed by atoms with E-state index in [0.29, 0.717) is 0 Å². The van der Waals surface area contributed by atoms with Gasteiger partial charge >= 0.3 is 0 Å². The molecule has 1 heteroatoms. The molecule has 0 aliphatic rings. The molecule has 0 aliphatic carbocycles. The van der Waals surface area contributed by atoms with Crippen LogP contribution >= 0.6 is 0 Å². The van der Waals surface area contributed by atoms with Crippen LogP contribution in [0.5, 0.6) is 0 Å². The minimum atomic E-state index is 0. The van der Waals surface area contributed by atoms with Crippen LogP contribution in [0.1, 0.15) is 54.4 Å². The van der Waals surface area contributed by atoms with Crippen LogP contribution in [-0.2, 0) is 0 Å². The van der Waals surface area contributed by atoms with Crippen LogP contribution in [0.3, 0.4) is 0 Å². The number of rotatable bonds is 3. The van der Waals surface area contributed by atoms with E-state index in [2.05, 4.69) is 27.7 Å². The van der Waals surface area contributed by atoms with E-state index in [-0.39, 0.29) is 8.41 Å². The quantitative estimate of drug-likeness (QED) is 0.545. The molecule has 0 fully saturated rings. The van der Waals surface area contributed by atoms with Gasteiger partial charge in [-0.15, -0.1) is 0 Å². The molecule has 0 aromatic carbocycles. The zero-order valence-corrected chi connectivity index (χ0v) is 9.15. The van der Waals surface area contributed by atoms with Crippen LogP contribution < -0.4 is 0 Å². The average molecular weight is 155 g/mol. The Balaban J connectivity index is -0.000000196. The second-order valence-corrected chi connectivity index (χ2v) is 3.37. The van der Waals surface area contributed by atoms with Crippen molar-refractivity contribution in [1.29, 1.82) is 0 Å². The normalized spacial score (nSPS) is 8.73.